The molecule has 2 aromatic carbocycles. The molecule has 8 heteroatoms. The zero-order valence-electron chi connectivity index (χ0n) is 18.1. The first kappa shape index (κ1) is 21.8. The van der Waals surface area contributed by atoms with Crippen LogP contribution in [0.4, 0.5) is 9.39 Å². The number of nitrogens with zero attached hydrogens (tertiary/aromatic N) is 2. The minimum atomic E-state index is -0.526. The van der Waals surface area contributed by atoms with E-state index in [1.54, 1.807) is 22.9 Å². The number of anilines is 1. The molecular formula is C26H21FN4O2S. The second-order valence-corrected chi connectivity index (χ2v) is 9.07. The van der Waals surface area contributed by atoms with Crippen LogP contribution in [0.25, 0.3) is 23.0 Å². The van der Waals surface area contributed by atoms with E-state index in [9.17, 15) is 14.0 Å². The maximum absolute atomic E-state index is 13.5. The molecule has 0 aliphatic heterocycles. The summed E-state index contributed by atoms with van der Waals surface area (Å²) in [5.41, 5.74) is 9.84. The van der Waals surface area contributed by atoms with Gasteiger partial charge in [-0.05, 0) is 67.3 Å². The molecular weight excluding hydrogens is 451 g/mol. The predicted molar refractivity (Wildman–Crippen MR) is 131 cm³/mol. The molecule has 5 rings (SSSR count). The van der Waals surface area contributed by atoms with Crippen LogP contribution in [0.15, 0.2) is 66.9 Å². The zero-order chi connectivity index (χ0) is 23.7. The lowest BCUT2D eigenvalue weighted by Crippen LogP contribution is -2.16. The number of aryl methyl sites for hydroxylation is 1. The molecule has 34 heavy (non-hydrogen) atoms. The summed E-state index contributed by atoms with van der Waals surface area (Å²) in [5.74, 6) is -1.24. The van der Waals surface area contributed by atoms with Crippen molar-refractivity contribution in [3.05, 3.63) is 94.3 Å². The number of hydrogen-bond acceptors (Lipinski definition) is 4. The number of hydrogen-bond donors (Lipinski definition) is 2. The first-order valence-corrected chi connectivity index (χ1v) is 11.7. The quantitative estimate of drug-likeness (QED) is 0.388. The van der Waals surface area contributed by atoms with Crippen molar-refractivity contribution in [1.82, 2.24) is 9.78 Å². The van der Waals surface area contributed by atoms with Crippen LogP contribution in [0, 0.1) is 5.82 Å². The summed E-state index contributed by atoms with van der Waals surface area (Å²) in [6.45, 7) is 0. The summed E-state index contributed by atoms with van der Waals surface area (Å²) in [6, 6.07) is 15.6. The highest BCUT2D eigenvalue weighted by molar-refractivity contribution is 7.17. The van der Waals surface area contributed by atoms with Crippen molar-refractivity contribution >= 4 is 34.2 Å². The molecule has 0 saturated carbocycles. The number of fused-ring (bicyclic) bond motifs is 1. The van der Waals surface area contributed by atoms with Gasteiger partial charge in [-0.2, -0.15) is 5.10 Å². The molecule has 3 N–H and O–H groups in total. The van der Waals surface area contributed by atoms with E-state index in [0.717, 1.165) is 41.0 Å². The molecule has 0 spiro atoms. The number of carbonyl (C=O) groups is 2. The second-order valence-electron chi connectivity index (χ2n) is 7.97. The van der Waals surface area contributed by atoms with Crippen molar-refractivity contribution in [3.63, 3.8) is 0 Å². The number of halogens is 1. The number of nitrogens with one attached hydrogen (secondary N) is 1. The smallest absolute Gasteiger partial charge is 0.251 e. The topological polar surface area (TPSA) is 90.0 Å². The summed E-state index contributed by atoms with van der Waals surface area (Å²) in [4.78, 5) is 25.8. The average Bonchev–Trinajstić information content (AvgIpc) is 3.53. The molecule has 2 aromatic heterocycles. The van der Waals surface area contributed by atoms with Gasteiger partial charge in [0.2, 0.25) is 5.91 Å². The van der Waals surface area contributed by atoms with Crippen LogP contribution in [-0.4, -0.2) is 21.6 Å². The Morgan fingerprint density at radius 1 is 1.09 bits per heavy atom. The van der Waals surface area contributed by atoms with Crippen LogP contribution in [0.5, 0.6) is 0 Å². The Labute approximate surface area is 199 Å². The number of primary amides is 1. The first-order valence-electron chi connectivity index (χ1n) is 10.8. The normalized spacial score (nSPS) is 12.7. The second kappa shape index (κ2) is 9.07. The van der Waals surface area contributed by atoms with E-state index in [2.05, 4.69) is 10.4 Å². The molecule has 0 atom stereocenters. The van der Waals surface area contributed by atoms with Gasteiger partial charge in [-0.1, -0.05) is 18.2 Å². The Bertz CT molecular complexity index is 1400. The fourth-order valence-electron chi connectivity index (χ4n) is 4.13. The Kier molecular flexibility index (Phi) is 5.81. The Hall–Kier alpha value is -4.04. The molecule has 170 valence electrons. The molecule has 0 fully saturated rings. The fraction of sp³-hybridized carbons (Fsp3) is 0.115. The lowest BCUT2D eigenvalue weighted by Gasteiger charge is -2.03. The molecule has 6 nitrogen and oxygen atoms in total. The van der Waals surface area contributed by atoms with Crippen LogP contribution in [0.1, 0.15) is 32.8 Å². The van der Waals surface area contributed by atoms with Crippen molar-refractivity contribution in [3.8, 4) is 16.9 Å². The van der Waals surface area contributed by atoms with Gasteiger partial charge in [-0.25, -0.2) is 9.07 Å². The van der Waals surface area contributed by atoms with E-state index in [1.807, 2.05) is 36.5 Å². The van der Waals surface area contributed by atoms with E-state index in [0.29, 0.717) is 21.8 Å². The molecule has 1 aliphatic rings. The molecule has 4 aromatic rings. The molecule has 2 amide bonds. The minimum absolute atomic E-state index is 0.337. The Morgan fingerprint density at radius 3 is 2.59 bits per heavy atom. The van der Waals surface area contributed by atoms with E-state index in [-0.39, 0.29) is 11.7 Å². The summed E-state index contributed by atoms with van der Waals surface area (Å²) >= 11 is 1.41. The monoisotopic (exact) mass is 472 g/mol. The first-order chi connectivity index (χ1) is 16.5. The van der Waals surface area contributed by atoms with Crippen LogP contribution in [0.2, 0.25) is 0 Å². The largest absolute Gasteiger partial charge is 0.365 e. The Balaban J connectivity index is 1.45. The predicted octanol–water partition coefficient (Wildman–Crippen LogP) is 4.98. The van der Waals surface area contributed by atoms with E-state index < -0.39 is 5.91 Å². The van der Waals surface area contributed by atoms with Crippen molar-refractivity contribution in [2.45, 2.75) is 19.3 Å². The SMILES string of the molecule is NC(=O)c1c(NC(=O)C=Cc2cn(-c3ccccc3)nc2-c2ccc(F)cc2)sc2c1CCC2. The van der Waals surface area contributed by atoms with Gasteiger partial charge in [0.05, 0.1) is 16.9 Å². The lowest BCUT2D eigenvalue weighted by atomic mass is 10.1. The number of amides is 2. The molecule has 0 radical (unpaired) electrons. The van der Waals surface area contributed by atoms with Gasteiger partial charge in [0.15, 0.2) is 0 Å². The van der Waals surface area contributed by atoms with E-state index in [1.165, 1.54) is 29.5 Å². The maximum atomic E-state index is 13.5. The highest BCUT2D eigenvalue weighted by Gasteiger charge is 2.25. The number of benzene rings is 2. The Morgan fingerprint density at radius 2 is 1.85 bits per heavy atom. The van der Waals surface area contributed by atoms with E-state index in [4.69, 9.17) is 5.73 Å². The number of carbonyl (C=O) groups excluding carboxylic acids is 2. The van der Waals surface area contributed by atoms with Gasteiger partial charge in [-0.15, -0.1) is 11.3 Å². The number of para-hydroxylation sites is 1. The molecule has 0 saturated heterocycles. The standard InChI is InChI=1S/C26H21FN4O2S/c27-18-12-9-16(10-13-18)24-17(15-31(30-24)19-5-2-1-3-6-19)11-14-22(32)29-26-23(25(28)33)20-7-4-8-21(20)34-26/h1-3,5-6,9-15H,4,7-8H2,(H2,28,33)(H,29,32). The zero-order valence-corrected chi connectivity index (χ0v) is 18.9. The summed E-state index contributed by atoms with van der Waals surface area (Å²) in [7, 11) is 0. The van der Waals surface area contributed by atoms with Crippen LogP contribution >= 0.6 is 11.3 Å². The third-order valence-corrected chi connectivity index (χ3v) is 6.91. The van der Waals surface area contributed by atoms with Gasteiger partial charge in [0, 0.05) is 28.3 Å². The number of rotatable bonds is 6. The maximum Gasteiger partial charge on any atom is 0.251 e. The van der Waals surface area contributed by atoms with Gasteiger partial charge in [0.25, 0.3) is 5.91 Å². The van der Waals surface area contributed by atoms with Gasteiger partial charge in [0.1, 0.15) is 10.8 Å². The number of nitrogens with two attached hydrogens (primary N) is 1. The highest BCUT2D eigenvalue weighted by atomic mass is 32.1. The van der Waals surface area contributed by atoms with Gasteiger partial charge >= 0.3 is 0 Å². The van der Waals surface area contributed by atoms with Crippen molar-refractivity contribution in [1.29, 1.82) is 0 Å². The van der Waals surface area contributed by atoms with Crippen LogP contribution in [-0.2, 0) is 17.6 Å². The average molecular weight is 473 g/mol. The molecule has 0 bridgehead atoms. The number of thiophene rings is 1. The van der Waals surface area contributed by atoms with Gasteiger partial charge < -0.3 is 11.1 Å². The lowest BCUT2D eigenvalue weighted by molar-refractivity contribution is -0.111. The third kappa shape index (κ3) is 4.27. The molecule has 0 unspecified atom stereocenters. The number of aromatic nitrogens is 2. The minimum Gasteiger partial charge on any atom is -0.365 e. The summed E-state index contributed by atoms with van der Waals surface area (Å²) in [5, 5.41) is 7.97. The fourth-order valence-corrected chi connectivity index (χ4v) is 5.42. The van der Waals surface area contributed by atoms with Crippen molar-refractivity contribution in [2.24, 2.45) is 5.73 Å². The third-order valence-electron chi connectivity index (χ3n) is 5.70. The highest BCUT2D eigenvalue weighted by Crippen LogP contribution is 2.38. The van der Waals surface area contributed by atoms with Gasteiger partial charge in [-0.3, -0.25) is 9.59 Å². The van der Waals surface area contributed by atoms with E-state index >= 15 is 0 Å². The summed E-state index contributed by atoms with van der Waals surface area (Å²) in [6.07, 6.45) is 7.56. The van der Waals surface area contributed by atoms with Crippen LogP contribution in [0.3, 0.4) is 0 Å². The van der Waals surface area contributed by atoms with Crippen LogP contribution < -0.4 is 11.1 Å². The summed E-state index contributed by atoms with van der Waals surface area (Å²) < 4.78 is 15.2. The van der Waals surface area contributed by atoms with Crippen molar-refractivity contribution < 1.29 is 14.0 Å². The van der Waals surface area contributed by atoms with Crippen molar-refractivity contribution in [2.75, 3.05) is 5.32 Å². The molecule has 2 heterocycles. The molecule has 1 aliphatic carbocycles.